The van der Waals surface area contributed by atoms with E-state index in [1.807, 2.05) is 36.4 Å². The van der Waals surface area contributed by atoms with Gasteiger partial charge in [0.15, 0.2) is 5.58 Å². The largest absolute Gasteiger partial charge is 0.491 e. The van der Waals surface area contributed by atoms with Crippen LogP contribution in [0.15, 0.2) is 49.8 Å². The fourth-order valence-electron chi connectivity index (χ4n) is 2.43. The molecule has 1 aromatic heterocycles. The highest BCUT2D eigenvalue weighted by Crippen LogP contribution is 2.38. The maximum Gasteiger partial charge on any atom is 0.243 e. The van der Waals surface area contributed by atoms with E-state index >= 15 is 0 Å². The number of carbonyl (C=O) groups is 1. The van der Waals surface area contributed by atoms with Gasteiger partial charge in [-0.25, -0.2) is 10.5 Å². The van der Waals surface area contributed by atoms with Crippen molar-refractivity contribution >= 4 is 48.9 Å². The van der Waals surface area contributed by atoms with Crippen LogP contribution in [0.2, 0.25) is 0 Å². The highest BCUT2D eigenvalue weighted by molar-refractivity contribution is 9.11. The van der Waals surface area contributed by atoms with Gasteiger partial charge in [0.25, 0.3) is 0 Å². The first-order chi connectivity index (χ1) is 12.6. The second-order valence-corrected chi connectivity index (χ2v) is 7.30. The number of halogens is 2. The first-order valence-corrected chi connectivity index (χ1v) is 9.58. The van der Waals surface area contributed by atoms with Gasteiger partial charge in [-0.05, 0) is 69.0 Å². The molecule has 26 heavy (non-hydrogen) atoms. The fraction of sp³-hybridized carbons (Fsp3) is 0.222. The number of hydrogen-bond acceptors (Lipinski definition) is 5. The molecule has 0 spiro atoms. The molecule has 0 saturated heterocycles. The van der Waals surface area contributed by atoms with Crippen LogP contribution in [0.25, 0.3) is 22.6 Å². The van der Waals surface area contributed by atoms with E-state index in [2.05, 4.69) is 36.8 Å². The zero-order valence-corrected chi connectivity index (χ0v) is 16.8. The molecular formula is C18H16Br2N2O4. The summed E-state index contributed by atoms with van der Waals surface area (Å²) in [5.41, 5.74) is 3.98. The molecule has 0 saturated carbocycles. The molecule has 2 N–H and O–H groups in total. The summed E-state index contributed by atoms with van der Waals surface area (Å²) in [4.78, 5) is 15.5. The summed E-state index contributed by atoms with van der Waals surface area (Å²) >= 11 is 7.04. The van der Waals surface area contributed by atoms with Crippen LogP contribution in [-0.2, 0) is 4.79 Å². The Labute approximate surface area is 166 Å². The summed E-state index contributed by atoms with van der Waals surface area (Å²) < 4.78 is 13.1. The fourth-order valence-corrected chi connectivity index (χ4v) is 3.85. The van der Waals surface area contributed by atoms with E-state index in [1.165, 1.54) is 0 Å². The third kappa shape index (κ3) is 4.44. The van der Waals surface area contributed by atoms with Crippen molar-refractivity contribution in [3.8, 4) is 17.2 Å². The molecule has 0 radical (unpaired) electrons. The quantitative estimate of drug-likeness (QED) is 0.278. The Kier molecular flexibility index (Phi) is 6.29. The molecule has 0 unspecified atom stereocenters. The van der Waals surface area contributed by atoms with Crippen LogP contribution in [0.4, 0.5) is 0 Å². The summed E-state index contributed by atoms with van der Waals surface area (Å²) in [6, 6.07) is 11.4. The number of nitrogens with one attached hydrogen (secondary N) is 1. The van der Waals surface area contributed by atoms with Gasteiger partial charge in [0.2, 0.25) is 11.8 Å². The number of amides is 1. The van der Waals surface area contributed by atoms with Crippen LogP contribution in [0.3, 0.4) is 0 Å². The minimum atomic E-state index is -0.393. The van der Waals surface area contributed by atoms with Crippen molar-refractivity contribution in [1.82, 2.24) is 10.5 Å². The van der Waals surface area contributed by atoms with Gasteiger partial charge in [-0.2, -0.15) is 0 Å². The average Bonchev–Trinajstić information content (AvgIpc) is 3.07. The first-order valence-electron chi connectivity index (χ1n) is 7.99. The molecule has 0 aliphatic heterocycles. The lowest BCUT2D eigenvalue weighted by molar-refractivity contribution is -0.129. The number of nitrogens with zero attached hydrogens (tertiary/aromatic N) is 1. The van der Waals surface area contributed by atoms with Crippen molar-refractivity contribution in [3.63, 3.8) is 0 Å². The van der Waals surface area contributed by atoms with Gasteiger partial charge in [-0.3, -0.25) is 10.0 Å². The Bertz CT molecular complexity index is 870. The first kappa shape index (κ1) is 18.9. The van der Waals surface area contributed by atoms with Crippen molar-refractivity contribution in [1.29, 1.82) is 0 Å². The third-order valence-corrected chi connectivity index (χ3v) is 4.89. The Hall–Kier alpha value is -1.90. The van der Waals surface area contributed by atoms with Gasteiger partial charge in [0.1, 0.15) is 11.3 Å². The molecule has 1 heterocycles. The molecule has 2 aromatic carbocycles. The van der Waals surface area contributed by atoms with Crippen molar-refractivity contribution in [3.05, 3.63) is 45.3 Å². The molecule has 0 atom stereocenters. The standard InChI is InChI=1S/C18H16Br2N2O4/c19-12-9-11(18-21-14-5-1-2-6-15(14)26-18)10-13(20)17(12)25-8-4-3-7-16(23)22-24/h1-2,5-6,9-10,24H,3-4,7-8H2,(H,22,23). The van der Waals surface area contributed by atoms with Crippen LogP contribution in [0, 0.1) is 0 Å². The molecular weight excluding hydrogens is 468 g/mol. The summed E-state index contributed by atoms with van der Waals surface area (Å²) in [6.07, 6.45) is 1.58. The zero-order valence-electron chi connectivity index (χ0n) is 13.7. The maximum absolute atomic E-state index is 11.0. The Morgan fingerprint density at radius 3 is 2.62 bits per heavy atom. The summed E-state index contributed by atoms with van der Waals surface area (Å²) in [5, 5.41) is 8.45. The number of oxazole rings is 1. The number of hydroxylamine groups is 1. The van der Waals surface area contributed by atoms with E-state index in [9.17, 15) is 4.79 Å². The smallest absolute Gasteiger partial charge is 0.243 e. The maximum atomic E-state index is 11.0. The van der Waals surface area contributed by atoms with Gasteiger partial charge >= 0.3 is 0 Å². The molecule has 0 aliphatic rings. The number of aromatic nitrogens is 1. The van der Waals surface area contributed by atoms with E-state index in [-0.39, 0.29) is 6.42 Å². The van der Waals surface area contributed by atoms with E-state index < -0.39 is 5.91 Å². The highest BCUT2D eigenvalue weighted by Gasteiger charge is 2.14. The van der Waals surface area contributed by atoms with Crippen molar-refractivity contribution in [2.24, 2.45) is 0 Å². The Morgan fingerprint density at radius 1 is 1.19 bits per heavy atom. The second-order valence-electron chi connectivity index (χ2n) is 5.60. The normalized spacial score (nSPS) is 10.9. The number of rotatable bonds is 7. The summed E-state index contributed by atoms with van der Waals surface area (Å²) in [6.45, 7) is 0.456. The van der Waals surface area contributed by atoms with Crippen molar-refractivity contribution in [2.75, 3.05) is 6.61 Å². The molecule has 0 fully saturated rings. The van der Waals surface area contributed by atoms with E-state index in [0.29, 0.717) is 31.1 Å². The number of hydrogen-bond donors (Lipinski definition) is 2. The van der Waals surface area contributed by atoms with Crippen LogP contribution >= 0.6 is 31.9 Å². The Morgan fingerprint density at radius 2 is 1.92 bits per heavy atom. The molecule has 136 valence electrons. The van der Waals surface area contributed by atoms with Crippen LogP contribution in [0.5, 0.6) is 5.75 Å². The second kappa shape index (κ2) is 8.66. The molecule has 3 rings (SSSR count). The lowest BCUT2D eigenvalue weighted by Crippen LogP contribution is -2.18. The minimum absolute atomic E-state index is 0.263. The highest BCUT2D eigenvalue weighted by atomic mass is 79.9. The van der Waals surface area contributed by atoms with Gasteiger partial charge in [0.05, 0.1) is 15.6 Å². The van der Waals surface area contributed by atoms with Gasteiger partial charge in [-0.1, -0.05) is 12.1 Å². The van der Waals surface area contributed by atoms with E-state index in [1.54, 1.807) is 5.48 Å². The van der Waals surface area contributed by atoms with Crippen LogP contribution < -0.4 is 10.2 Å². The number of ether oxygens (including phenoxy) is 1. The third-order valence-electron chi connectivity index (χ3n) is 3.71. The number of carbonyl (C=O) groups excluding carboxylic acids is 1. The summed E-state index contributed by atoms with van der Waals surface area (Å²) in [5.74, 6) is 0.820. The van der Waals surface area contributed by atoms with Gasteiger partial charge in [0, 0.05) is 12.0 Å². The predicted octanol–water partition coefficient (Wildman–Crippen LogP) is 5.07. The van der Waals surface area contributed by atoms with Gasteiger partial charge < -0.3 is 9.15 Å². The number of benzene rings is 2. The summed E-state index contributed by atoms with van der Waals surface area (Å²) in [7, 11) is 0. The van der Waals surface area contributed by atoms with Gasteiger partial charge in [-0.15, -0.1) is 0 Å². The molecule has 0 aliphatic carbocycles. The monoisotopic (exact) mass is 482 g/mol. The lowest BCUT2D eigenvalue weighted by Gasteiger charge is -2.11. The number of unbranched alkanes of at least 4 members (excludes halogenated alkanes) is 1. The Balaban J connectivity index is 1.69. The predicted molar refractivity (Wildman–Crippen MR) is 104 cm³/mol. The molecule has 6 nitrogen and oxygen atoms in total. The van der Waals surface area contributed by atoms with Crippen molar-refractivity contribution < 1.29 is 19.2 Å². The SMILES string of the molecule is O=C(CCCCOc1c(Br)cc(-c2nc3ccccc3o2)cc1Br)NO. The molecule has 0 bridgehead atoms. The number of para-hydroxylation sites is 2. The molecule has 8 heteroatoms. The average molecular weight is 484 g/mol. The van der Waals surface area contributed by atoms with Crippen molar-refractivity contribution in [2.45, 2.75) is 19.3 Å². The lowest BCUT2D eigenvalue weighted by atomic mass is 10.2. The van der Waals surface area contributed by atoms with Crippen LogP contribution in [-0.4, -0.2) is 22.7 Å². The van der Waals surface area contributed by atoms with E-state index in [0.717, 1.165) is 25.6 Å². The molecule has 1 amide bonds. The zero-order chi connectivity index (χ0) is 18.5. The van der Waals surface area contributed by atoms with E-state index in [4.69, 9.17) is 14.4 Å². The minimum Gasteiger partial charge on any atom is -0.491 e. The van der Waals surface area contributed by atoms with Crippen LogP contribution in [0.1, 0.15) is 19.3 Å². The number of fused-ring (bicyclic) bond motifs is 1. The molecule has 3 aromatic rings. The topological polar surface area (TPSA) is 84.6 Å².